The molecule has 2 aromatic carbocycles. The van der Waals surface area contributed by atoms with Crippen molar-refractivity contribution >= 4 is 11.9 Å². The zero-order valence-electron chi connectivity index (χ0n) is 17.9. The van der Waals surface area contributed by atoms with Gasteiger partial charge in [-0.25, -0.2) is 0 Å². The predicted octanol–water partition coefficient (Wildman–Crippen LogP) is 4.39. The normalized spacial score (nSPS) is 11.2. The van der Waals surface area contributed by atoms with Gasteiger partial charge in [0.05, 0.1) is 13.2 Å². The number of aryl methyl sites for hydroxylation is 1. The number of carboxylic acid groups (broad SMARTS) is 1. The number of hydrogen-bond donors (Lipinski definition) is 2. The maximum Gasteiger partial charge on any atom is 0.303 e. The maximum atomic E-state index is 13.1. The summed E-state index contributed by atoms with van der Waals surface area (Å²) in [5.74, 6) is -0.390. The van der Waals surface area contributed by atoms with Crippen LogP contribution in [0.5, 0.6) is 5.75 Å². The van der Waals surface area contributed by atoms with E-state index in [-0.39, 0.29) is 18.9 Å². The summed E-state index contributed by atoms with van der Waals surface area (Å²) in [4.78, 5) is 25.1. The standard InChI is InChI=1S/C24H31NO5/c1-18-12-14-19(15-13-18)23(28)25(24(2,3)29)17-20-9-6-7-10-21(20)30-16-8-4-5-11-22(26)27/h6-7,9-10,12-15,29H,4-5,8,11,16-17H2,1-3H3,(H,26,27). The number of nitrogens with zero attached hydrogens (tertiary/aromatic N) is 1. The molecule has 0 aromatic heterocycles. The van der Waals surface area contributed by atoms with Gasteiger partial charge in [-0.2, -0.15) is 0 Å². The lowest BCUT2D eigenvalue weighted by atomic mass is 10.1. The second-order valence-electron chi connectivity index (χ2n) is 7.91. The second-order valence-corrected chi connectivity index (χ2v) is 7.91. The zero-order valence-corrected chi connectivity index (χ0v) is 17.9. The fourth-order valence-electron chi connectivity index (χ4n) is 3.05. The molecule has 0 aliphatic heterocycles. The van der Waals surface area contributed by atoms with E-state index in [0.717, 1.165) is 24.0 Å². The summed E-state index contributed by atoms with van der Waals surface area (Å²) in [5, 5.41) is 19.3. The van der Waals surface area contributed by atoms with Crippen LogP contribution in [0, 0.1) is 6.92 Å². The summed E-state index contributed by atoms with van der Waals surface area (Å²) in [5.41, 5.74) is 1.01. The summed E-state index contributed by atoms with van der Waals surface area (Å²) >= 11 is 0. The highest BCUT2D eigenvalue weighted by Crippen LogP contribution is 2.25. The Hall–Kier alpha value is -2.86. The first-order valence-electron chi connectivity index (χ1n) is 10.2. The highest BCUT2D eigenvalue weighted by molar-refractivity contribution is 5.94. The molecular formula is C24H31NO5. The van der Waals surface area contributed by atoms with E-state index in [4.69, 9.17) is 9.84 Å². The summed E-state index contributed by atoms with van der Waals surface area (Å²) in [6, 6.07) is 14.7. The highest BCUT2D eigenvalue weighted by Gasteiger charge is 2.30. The quantitative estimate of drug-likeness (QED) is 0.421. The Labute approximate surface area is 178 Å². The van der Waals surface area contributed by atoms with Crippen LogP contribution in [-0.4, -0.2) is 39.3 Å². The van der Waals surface area contributed by atoms with Crippen LogP contribution in [0.25, 0.3) is 0 Å². The number of carbonyl (C=O) groups is 2. The number of hydrogen-bond acceptors (Lipinski definition) is 4. The molecule has 0 unspecified atom stereocenters. The third kappa shape index (κ3) is 7.19. The predicted molar refractivity (Wildman–Crippen MR) is 115 cm³/mol. The number of rotatable bonds is 11. The summed E-state index contributed by atoms with van der Waals surface area (Å²) in [6.45, 7) is 5.80. The van der Waals surface area contributed by atoms with E-state index < -0.39 is 11.7 Å². The molecule has 0 heterocycles. The van der Waals surface area contributed by atoms with Crippen molar-refractivity contribution < 1.29 is 24.5 Å². The Balaban J connectivity index is 2.08. The Morgan fingerprint density at radius 1 is 1.00 bits per heavy atom. The van der Waals surface area contributed by atoms with Crippen molar-refractivity contribution in [2.75, 3.05) is 6.61 Å². The van der Waals surface area contributed by atoms with Gasteiger partial charge in [0.2, 0.25) is 0 Å². The summed E-state index contributed by atoms with van der Waals surface area (Å²) in [6.07, 6.45) is 2.31. The van der Waals surface area contributed by atoms with E-state index in [1.807, 2.05) is 43.3 Å². The van der Waals surface area contributed by atoms with E-state index >= 15 is 0 Å². The number of para-hydroxylation sites is 1. The van der Waals surface area contributed by atoms with Gasteiger partial charge in [-0.05, 0) is 58.2 Å². The minimum Gasteiger partial charge on any atom is -0.493 e. The number of benzene rings is 2. The molecule has 0 atom stereocenters. The van der Waals surface area contributed by atoms with Gasteiger partial charge in [0, 0.05) is 17.5 Å². The molecule has 30 heavy (non-hydrogen) atoms. The van der Waals surface area contributed by atoms with Gasteiger partial charge in [-0.15, -0.1) is 0 Å². The lowest BCUT2D eigenvalue weighted by molar-refractivity contribution is -0.137. The summed E-state index contributed by atoms with van der Waals surface area (Å²) < 4.78 is 5.89. The van der Waals surface area contributed by atoms with Crippen LogP contribution in [0.1, 0.15) is 61.0 Å². The lowest BCUT2D eigenvalue weighted by Gasteiger charge is -2.34. The van der Waals surface area contributed by atoms with Crippen LogP contribution < -0.4 is 4.74 Å². The molecule has 6 heteroatoms. The van der Waals surface area contributed by atoms with E-state index in [2.05, 4.69) is 0 Å². The second kappa shape index (κ2) is 10.8. The molecule has 6 nitrogen and oxygen atoms in total. The molecule has 162 valence electrons. The van der Waals surface area contributed by atoms with Crippen molar-refractivity contribution in [3.05, 3.63) is 65.2 Å². The minimum atomic E-state index is -1.36. The molecule has 0 saturated heterocycles. The summed E-state index contributed by atoms with van der Waals surface area (Å²) in [7, 11) is 0. The highest BCUT2D eigenvalue weighted by atomic mass is 16.5. The average molecular weight is 414 g/mol. The van der Waals surface area contributed by atoms with Crippen molar-refractivity contribution in [1.82, 2.24) is 4.90 Å². The van der Waals surface area contributed by atoms with Crippen molar-refractivity contribution in [3.63, 3.8) is 0 Å². The van der Waals surface area contributed by atoms with Gasteiger partial charge < -0.3 is 19.8 Å². The first-order valence-corrected chi connectivity index (χ1v) is 10.2. The van der Waals surface area contributed by atoms with Crippen LogP contribution in [0.3, 0.4) is 0 Å². The lowest BCUT2D eigenvalue weighted by Crippen LogP contribution is -2.47. The molecular weight excluding hydrogens is 382 g/mol. The molecule has 0 aliphatic carbocycles. The molecule has 0 saturated carbocycles. The number of amides is 1. The third-order valence-electron chi connectivity index (χ3n) is 4.80. The Bertz CT molecular complexity index is 839. The fraction of sp³-hybridized carbons (Fsp3) is 0.417. The first kappa shape index (κ1) is 23.4. The van der Waals surface area contributed by atoms with Gasteiger partial charge in [-0.3, -0.25) is 9.59 Å². The monoisotopic (exact) mass is 413 g/mol. The molecule has 0 spiro atoms. The molecule has 2 aromatic rings. The molecule has 0 fully saturated rings. The zero-order chi connectivity index (χ0) is 22.1. The van der Waals surface area contributed by atoms with Crippen LogP contribution in [0.15, 0.2) is 48.5 Å². The Morgan fingerprint density at radius 2 is 1.67 bits per heavy atom. The topological polar surface area (TPSA) is 87.1 Å². The fourth-order valence-corrected chi connectivity index (χ4v) is 3.05. The van der Waals surface area contributed by atoms with Crippen molar-refractivity contribution in [1.29, 1.82) is 0 Å². The number of aliphatic hydroxyl groups is 1. The van der Waals surface area contributed by atoms with Gasteiger partial charge in [-0.1, -0.05) is 35.9 Å². The maximum absolute atomic E-state index is 13.1. The van der Waals surface area contributed by atoms with Gasteiger partial charge in [0.25, 0.3) is 5.91 Å². The largest absolute Gasteiger partial charge is 0.493 e. The van der Waals surface area contributed by atoms with Crippen LogP contribution in [-0.2, 0) is 11.3 Å². The Kier molecular flexibility index (Phi) is 8.42. The van der Waals surface area contributed by atoms with E-state index in [0.29, 0.717) is 24.3 Å². The van der Waals surface area contributed by atoms with E-state index in [1.54, 1.807) is 26.0 Å². The molecule has 2 N–H and O–H groups in total. The van der Waals surface area contributed by atoms with Crippen molar-refractivity contribution in [2.24, 2.45) is 0 Å². The molecule has 0 radical (unpaired) electrons. The number of carboxylic acids is 1. The number of aliphatic carboxylic acids is 1. The van der Waals surface area contributed by atoms with Crippen LogP contribution in [0.4, 0.5) is 0 Å². The van der Waals surface area contributed by atoms with E-state index in [9.17, 15) is 14.7 Å². The van der Waals surface area contributed by atoms with Crippen LogP contribution >= 0.6 is 0 Å². The van der Waals surface area contributed by atoms with E-state index in [1.165, 1.54) is 4.90 Å². The minimum absolute atomic E-state index is 0.165. The number of carbonyl (C=O) groups excluding carboxylic acids is 1. The number of unbranched alkanes of at least 4 members (excludes halogenated alkanes) is 2. The van der Waals surface area contributed by atoms with Crippen molar-refractivity contribution in [2.45, 2.75) is 58.7 Å². The molecule has 0 bridgehead atoms. The van der Waals surface area contributed by atoms with Gasteiger partial charge in [0.1, 0.15) is 11.5 Å². The average Bonchev–Trinajstić information content (AvgIpc) is 2.68. The van der Waals surface area contributed by atoms with Crippen LogP contribution in [0.2, 0.25) is 0 Å². The first-order chi connectivity index (χ1) is 14.2. The smallest absolute Gasteiger partial charge is 0.303 e. The van der Waals surface area contributed by atoms with Gasteiger partial charge >= 0.3 is 5.97 Å². The SMILES string of the molecule is Cc1ccc(C(=O)N(Cc2ccccc2OCCCCCC(=O)O)C(C)(C)O)cc1. The third-order valence-corrected chi connectivity index (χ3v) is 4.80. The molecule has 1 amide bonds. The molecule has 2 rings (SSSR count). The molecule has 0 aliphatic rings. The van der Waals surface area contributed by atoms with Gasteiger partial charge in [0.15, 0.2) is 0 Å². The van der Waals surface area contributed by atoms with Crippen molar-refractivity contribution in [3.8, 4) is 5.75 Å². The Morgan fingerprint density at radius 3 is 2.30 bits per heavy atom. The number of ether oxygens (including phenoxy) is 1.